The highest BCUT2D eigenvalue weighted by Crippen LogP contribution is 2.38. The highest BCUT2D eigenvalue weighted by molar-refractivity contribution is 14.1. The number of carbonyl (C=O) groups excluding carboxylic acids is 1. The highest BCUT2D eigenvalue weighted by atomic mass is 127. The van der Waals surface area contributed by atoms with Crippen LogP contribution >= 0.6 is 45.5 Å². The first kappa shape index (κ1) is 30.1. The van der Waals surface area contributed by atoms with Gasteiger partial charge < -0.3 is 14.2 Å². The number of thiazole rings is 1. The van der Waals surface area contributed by atoms with Crippen molar-refractivity contribution in [1.82, 2.24) is 4.57 Å². The molecule has 0 saturated carbocycles. The third kappa shape index (κ3) is 6.18. The van der Waals surface area contributed by atoms with Crippen LogP contribution in [0.2, 0.25) is 5.02 Å². The second-order valence-corrected chi connectivity index (χ2v) is 12.0. The number of allylic oxidation sites excluding steroid dienone is 1. The summed E-state index contributed by atoms with van der Waals surface area (Å²) in [6.07, 6.45) is 2.27. The second-order valence-electron chi connectivity index (χ2n) is 9.38. The molecular formula is C32H28ClIN2O5S. The maximum absolute atomic E-state index is 13.9. The van der Waals surface area contributed by atoms with E-state index in [1.54, 1.807) is 16.7 Å². The summed E-state index contributed by atoms with van der Waals surface area (Å²) in [6, 6.07) is 20.4. The molecule has 1 aliphatic rings. The lowest BCUT2D eigenvalue weighted by Gasteiger charge is -2.25. The molecule has 5 rings (SSSR count). The number of halogens is 2. The summed E-state index contributed by atoms with van der Waals surface area (Å²) in [5.41, 5.74) is 3.17. The predicted octanol–water partition coefficient (Wildman–Crippen LogP) is 6.03. The van der Waals surface area contributed by atoms with Gasteiger partial charge >= 0.3 is 5.97 Å². The van der Waals surface area contributed by atoms with Crippen LogP contribution in [0, 0.1) is 3.57 Å². The minimum atomic E-state index is -0.661. The van der Waals surface area contributed by atoms with Gasteiger partial charge in [0, 0.05) is 3.57 Å². The smallest absolute Gasteiger partial charge is 0.338 e. The Morgan fingerprint density at radius 1 is 1.10 bits per heavy atom. The largest absolute Gasteiger partial charge is 0.490 e. The van der Waals surface area contributed by atoms with Gasteiger partial charge in [-0.05, 0) is 83.0 Å². The molecule has 0 fully saturated rings. The third-order valence-corrected chi connectivity index (χ3v) is 8.67. The Hall–Kier alpha value is -3.41. The van der Waals surface area contributed by atoms with Gasteiger partial charge in [-0.1, -0.05) is 72.3 Å². The molecule has 7 nitrogen and oxygen atoms in total. The zero-order valence-corrected chi connectivity index (χ0v) is 27.0. The van der Waals surface area contributed by atoms with Gasteiger partial charge in [0.1, 0.15) is 6.61 Å². The molecular weight excluding hydrogens is 687 g/mol. The van der Waals surface area contributed by atoms with Crippen molar-refractivity contribution in [2.45, 2.75) is 32.9 Å². The van der Waals surface area contributed by atoms with Gasteiger partial charge in [0.2, 0.25) is 0 Å². The molecule has 0 aliphatic carbocycles. The lowest BCUT2D eigenvalue weighted by molar-refractivity contribution is -0.136. The van der Waals surface area contributed by atoms with E-state index in [1.165, 1.54) is 18.4 Å². The molecule has 216 valence electrons. The fraction of sp³-hybridized carbons (Fsp3) is 0.219. The van der Waals surface area contributed by atoms with Gasteiger partial charge in [0.15, 0.2) is 16.3 Å². The quantitative estimate of drug-likeness (QED) is 0.156. The number of fused-ring (bicyclic) bond motifs is 1. The van der Waals surface area contributed by atoms with Crippen LogP contribution in [-0.4, -0.2) is 24.3 Å². The number of hydrogen-bond donors (Lipinski definition) is 0. The number of benzene rings is 3. The molecule has 1 aromatic heterocycles. The van der Waals surface area contributed by atoms with E-state index in [9.17, 15) is 9.59 Å². The van der Waals surface area contributed by atoms with Crippen LogP contribution < -0.4 is 24.4 Å². The van der Waals surface area contributed by atoms with Gasteiger partial charge in [-0.15, -0.1) is 0 Å². The zero-order chi connectivity index (χ0) is 29.8. The summed E-state index contributed by atoms with van der Waals surface area (Å²) in [7, 11) is 1.34. The summed E-state index contributed by atoms with van der Waals surface area (Å²) in [5.74, 6) is 0.417. The standard InChI is InChI=1S/C32H28ClIN2O5S/c1-4-24-27(31(38)39-3)28(21-9-7-6-8-10-21)36-30(37)26(42-32(36)35-24)17-20-15-23(33)29(25(16-20)40-5-2)41-18-19-11-13-22(34)14-12-19/h6-17,28H,4-5,18H2,1-3H3/b26-17-/t28-/m0/s1. The molecule has 0 bridgehead atoms. The van der Waals surface area contributed by atoms with E-state index in [2.05, 4.69) is 22.6 Å². The SMILES string of the molecule is CCOc1cc(/C=c2\sc3n(c2=O)[C@@H](c2ccccc2)C(C(=O)OC)=C(CC)N=3)cc(Cl)c1OCc1ccc(I)cc1. The third-order valence-electron chi connectivity index (χ3n) is 6.69. The highest BCUT2D eigenvalue weighted by Gasteiger charge is 2.33. The van der Waals surface area contributed by atoms with E-state index in [0.717, 1.165) is 14.7 Å². The zero-order valence-electron chi connectivity index (χ0n) is 23.2. The predicted molar refractivity (Wildman–Crippen MR) is 173 cm³/mol. The molecule has 0 radical (unpaired) electrons. The topological polar surface area (TPSA) is 79.1 Å². The fourth-order valence-electron chi connectivity index (χ4n) is 4.78. The summed E-state index contributed by atoms with van der Waals surface area (Å²) >= 11 is 10.2. The first-order valence-electron chi connectivity index (χ1n) is 13.4. The Bertz CT molecular complexity index is 1830. The van der Waals surface area contributed by atoms with Crippen molar-refractivity contribution in [2.75, 3.05) is 13.7 Å². The normalized spacial score (nSPS) is 14.8. The van der Waals surface area contributed by atoms with Crippen molar-refractivity contribution in [3.05, 3.63) is 123 Å². The number of hydrogen-bond acceptors (Lipinski definition) is 7. The minimum absolute atomic E-state index is 0.266. The Labute approximate surface area is 265 Å². The second kappa shape index (κ2) is 13.3. The number of nitrogens with zero attached hydrogens (tertiary/aromatic N) is 2. The van der Waals surface area contributed by atoms with Crippen LogP contribution in [0.3, 0.4) is 0 Å². The van der Waals surface area contributed by atoms with Crippen molar-refractivity contribution >= 4 is 57.6 Å². The van der Waals surface area contributed by atoms with E-state index in [1.807, 2.05) is 74.5 Å². The first-order chi connectivity index (χ1) is 20.3. The lowest BCUT2D eigenvalue weighted by atomic mass is 9.95. The van der Waals surface area contributed by atoms with Gasteiger partial charge in [0.05, 0.1) is 40.6 Å². The van der Waals surface area contributed by atoms with Crippen LogP contribution in [0.1, 0.15) is 43.0 Å². The summed E-state index contributed by atoms with van der Waals surface area (Å²) in [6.45, 7) is 4.55. The number of ether oxygens (including phenoxy) is 3. The van der Waals surface area contributed by atoms with E-state index in [4.69, 9.17) is 30.8 Å². The fourth-order valence-corrected chi connectivity index (χ4v) is 6.43. The molecule has 2 heterocycles. The molecule has 1 atom stereocenters. The van der Waals surface area contributed by atoms with Crippen LogP contribution in [-0.2, 0) is 16.1 Å². The van der Waals surface area contributed by atoms with E-state index in [-0.39, 0.29) is 5.56 Å². The Morgan fingerprint density at radius 3 is 2.50 bits per heavy atom. The number of rotatable bonds is 9. The van der Waals surface area contributed by atoms with Crippen LogP contribution in [0.15, 0.2) is 87.8 Å². The van der Waals surface area contributed by atoms with Crippen molar-refractivity contribution in [3.8, 4) is 11.5 Å². The maximum Gasteiger partial charge on any atom is 0.338 e. The molecule has 10 heteroatoms. The molecule has 3 aromatic carbocycles. The van der Waals surface area contributed by atoms with Crippen LogP contribution in [0.5, 0.6) is 11.5 Å². The van der Waals surface area contributed by atoms with Crippen molar-refractivity contribution < 1.29 is 19.0 Å². The van der Waals surface area contributed by atoms with Gasteiger partial charge in [-0.2, -0.15) is 0 Å². The number of aromatic nitrogens is 1. The summed E-state index contributed by atoms with van der Waals surface area (Å²) in [4.78, 5) is 32.1. The molecule has 42 heavy (non-hydrogen) atoms. The summed E-state index contributed by atoms with van der Waals surface area (Å²) in [5, 5.41) is 0.369. The van der Waals surface area contributed by atoms with Crippen molar-refractivity contribution in [1.29, 1.82) is 0 Å². The molecule has 0 spiro atoms. The Kier molecular flexibility index (Phi) is 9.50. The van der Waals surface area contributed by atoms with Crippen molar-refractivity contribution in [2.24, 2.45) is 4.99 Å². The molecule has 1 aliphatic heterocycles. The van der Waals surface area contributed by atoms with E-state index in [0.29, 0.717) is 62.3 Å². The Morgan fingerprint density at radius 2 is 1.83 bits per heavy atom. The molecule has 0 saturated heterocycles. The molecule has 0 amide bonds. The number of carbonyl (C=O) groups is 1. The number of esters is 1. The lowest BCUT2D eigenvalue weighted by Crippen LogP contribution is -2.40. The Balaban J connectivity index is 1.59. The number of methoxy groups -OCH3 is 1. The molecule has 4 aromatic rings. The van der Waals surface area contributed by atoms with Crippen molar-refractivity contribution in [3.63, 3.8) is 0 Å². The molecule has 0 unspecified atom stereocenters. The average molecular weight is 715 g/mol. The molecule has 0 N–H and O–H groups in total. The monoisotopic (exact) mass is 714 g/mol. The van der Waals surface area contributed by atoms with Crippen LogP contribution in [0.4, 0.5) is 0 Å². The van der Waals surface area contributed by atoms with E-state index < -0.39 is 12.0 Å². The minimum Gasteiger partial charge on any atom is -0.490 e. The first-order valence-corrected chi connectivity index (χ1v) is 15.6. The van der Waals surface area contributed by atoms with Crippen LogP contribution in [0.25, 0.3) is 6.08 Å². The van der Waals surface area contributed by atoms with E-state index >= 15 is 0 Å². The summed E-state index contributed by atoms with van der Waals surface area (Å²) < 4.78 is 20.2. The average Bonchev–Trinajstić information content (AvgIpc) is 3.30. The van der Waals surface area contributed by atoms with Gasteiger partial charge in [-0.3, -0.25) is 9.36 Å². The maximum atomic E-state index is 13.9. The van der Waals surface area contributed by atoms with Gasteiger partial charge in [-0.25, -0.2) is 9.79 Å². The van der Waals surface area contributed by atoms with Gasteiger partial charge in [0.25, 0.3) is 5.56 Å².